The summed E-state index contributed by atoms with van der Waals surface area (Å²) >= 11 is 0. The first kappa shape index (κ1) is 11.5. The van der Waals surface area contributed by atoms with Crippen LogP contribution in [0.25, 0.3) is 0 Å². The molecule has 0 saturated carbocycles. The minimum absolute atomic E-state index is 0.0105. The van der Waals surface area contributed by atoms with E-state index in [0.717, 1.165) is 25.9 Å². The van der Waals surface area contributed by atoms with E-state index in [1.54, 1.807) is 4.90 Å². The second-order valence-electron chi connectivity index (χ2n) is 4.13. The molecule has 1 fully saturated rings. The molecular formula is C10H21N3O. The normalized spacial score (nSPS) is 28.9. The Morgan fingerprint density at radius 1 is 1.64 bits per heavy atom. The van der Waals surface area contributed by atoms with E-state index < -0.39 is 0 Å². The fourth-order valence-electron chi connectivity index (χ4n) is 1.81. The average molecular weight is 199 g/mol. The molecule has 82 valence electrons. The van der Waals surface area contributed by atoms with Crippen LogP contribution in [0, 0.1) is 0 Å². The van der Waals surface area contributed by atoms with Crippen LogP contribution in [0.4, 0.5) is 0 Å². The van der Waals surface area contributed by atoms with E-state index in [1.165, 1.54) is 0 Å². The van der Waals surface area contributed by atoms with Gasteiger partial charge in [0.05, 0.1) is 6.04 Å². The molecule has 1 heterocycles. The molecule has 0 aromatic rings. The summed E-state index contributed by atoms with van der Waals surface area (Å²) in [4.78, 5) is 15.8. The van der Waals surface area contributed by atoms with Crippen molar-refractivity contribution in [3.8, 4) is 0 Å². The Morgan fingerprint density at radius 3 is 2.86 bits per heavy atom. The van der Waals surface area contributed by atoms with E-state index >= 15 is 0 Å². The largest absolute Gasteiger partial charge is 0.345 e. The second kappa shape index (κ2) is 4.75. The maximum Gasteiger partial charge on any atom is 0.239 e. The number of nitrogens with two attached hydrogens (primary N) is 1. The highest BCUT2D eigenvalue weighted by Crippen LogP contribution is 2.15. The topological polar surface area (TPSA) is 49.6 Å². The number of rotatable bonds is 2. The number of nitrogens with zero attached hydrogens (tertiary/aromatic N) is 2. The van der Waals surface area contributed by atoms with Gasteiger partial charge in [-0.1, -0.05) is 0 Å². The summed E-state index contributed by atoms with van der Waals surface area (Å²) in [5.41, 5.74) is 5.87. The molecule has 2 N–H and O–H groups in total. The van der Waals surface area contributed by atoms with Gasteiger partial charge < -0.3 is 10.6 Å². The Balaban J connectivity index is 2.60. The third-order valence-electron chi connectivity index (χ3n) is 3.05. The molecule has 1 amide bonds. The number of likely N-dealkylation sites (tertiary alicyclic amines) is 1. The molecule has 2 atom stereocenters. The van der Waals surface area contributed by atoms with Gasteiger partial charge in [0, 0.05) is 26.2 Å². The lowest BCUT2D eigenvalue weighted by molar-refractivity contribution is -0.136. The summed E-state index contributed by atoms with van der Waals surface area (Å²) in [6.45, 7) is 3.67. The van der Waals surface area contributed by atoms with E-state index in [1.807, 2.05) is 21.0 Å². The zero-order valence-electron chi connectivity index (χ0n) is 9.36. The molecule has 0 spiro atoms. The van der Waals surface area contributed by atoms with Crippen LogP contribution in [0.5, 0.6) is 0 Å². The van der Waals surface area contributed by atoms with Crippen LogP contribution in [-0.2, 0) is 4.79 Å². The third-order valence-corrected chi connectivity index (χ3v) is 3.05. The third kappa shape index (κ3) is 2.45. The van der Waals surface area contributed by atoms with Crippen molar-refractivity contribution in [3.05, 3.63) is 0 Å². The van der Waals surface area contributed by atoms with Gasteiger partial charge in [-0.15, -0.1) is 0 Å². The lowest BCUT2D eigenvalue weighted by atomic mass is 9.97. The molecule has 0 aliphatic carbocycles. The van der Waals surface area contributed by atoms with Gasteiger partial charge in [-0.2, -0.15) is 0 Å². The molecule has 1 saturated heterocycles. The molecule has 4 heteroatoms. The highest BCUT2D eigenvalue weighted by atomic mass is 16.2. The van der Waals surface area contributed by atoms with Crippen LogP contribution in [0.15, 0.2) is 0 Å². The molecule has 1 aliphatic rings. The van der Waals surface area contributed by atoms with Gasteiger partial charge in [-0.25, -0.2) is 0 Å². The van der Waals surface area contributed by atoms with Crippen molar-refractivity contribution in [2.45, 2.75) is 31.8 Å². The number of hydrogen-bond donors (Lipinski definition) is 1. The molecular weight excluding hydrogens is 178 g/mol. The molecule has 14 heavy (non-hydrogen) atoms. The van der Waals surface area contributed by atoms with Crippen LogP contribution in [0.1, 0.15) is 19.8 Å². The predicted molar refractivity (Wildman–Crippen MR) is 56.9 cm³/mol. The van der Waals surface area contributed by atoms with Crippen LogP contribution >= 0.6 is 0 Å². The number of carbonyl (C=O) groups is 1. The van der Waals surface area contributed by atoms with Crippen molar-refractivity contribution < 1.29 is 4.79 Å². The minimum Gasteiger partial charge on any atom is -0.345 e. The van der Waals surface area contributed by atoms with E-state index in [0.29, 0.717) is 0 Å². The maximum absolute atomic E-state index is 11.9. The van der Waals surface area contributed by atoms with Gasteiger partial charge >= 0.3 is 0 Å². The van der Waals surface area contributed by atoms with Gasteiger partial charge in [0.1, 0.15) is 0 Å². The Kier molecular flexibility index (Phi) is 3.89. The number of hydrogen-bond acceptors (Lipinski definition) is 3. The van der Waals surface area contributed by atoms with Crippen molar-refractivity contribution in [2.75, 3.05) is 27.2 Å². The van der Waals surface area contributed by atoms with Crippen LogP contribution in [-0.4, -0.2) is 55.0 Å². The SMILES string of the molecule is CCN(C)C(=O)C1CC(N)CCN1C. The van der Waals surface area contributed by atoms with Crippen LogP contribution < -0.4 is 5.73 Å². The first-order valence-electron chi connectivity index (χ1n) is 5.27. The lowest BCUT2D eigenvalue weighted by Crippen LogP contribution is -2.52. The maximum atomic E-state index is 11.9. The number of piperidine rings is 1. The van der Waals surface area contributed by atoms with E-state index in [-0.39, 0.29) is 18.0 Å². The van der Waals surface area contributed by atoms with E-state index in [2.05, 4.69) is 4.90 Å². The first-order chi connectivity index (χ1) is 6.56. The molecule has 1 aliphatic heterocycles. The fourth-order valence-corrected chi connectivity index (χ4v) is 1.81. The standard InChI is InChI=1S/C10H21N3O/c1-4-12(2)10(14)9-7-8(11)5-6-13(9)3/h8-9H,4-7,11H2,1-3H3. The summed E-state index contributed by atoms with van der Waals surface area (Å²) in [5.74, 6) is 0.199. The van der Waals surface area contributed by atoms with Crippen molar-refractivity contribution in [1.29, 1.82) is 0 Å². The summed E-state index contributed by atoms with van der Waals surface area (Å²) in [6, 6.07) is 0.175. The quantitative estimate of drug-likeness (QED) is 0.675. The molecule has 0 aromatic carbocycles. The van der Waals surface area contributed by atoms with E-state index in [9.17, 15) is 4.79 Å². The predicted octanol–water partition coefficient (Wildman–Crippen LogP) is -0.114. The molecule has 0 aromatic heterocycles. The first-order valence-corrected chi connectivity index (χ1v) is 5.27. The monoisotopic (exact) mass is 199 g/mol. The summed E-state index contributed by atoms with van der Waals surface area (Å²) in [6.07, 6.45) is 1.79. The van der Waals surface area contributed by atoms with E-state index in [4.69, 9.17) is 5.73 Å². The van der Waals surface area contributed by atoms with Gasteiger partial charge in [0.15, 0.2) is 0 Å². The smallest absolute Gasteiger partial charge is 0.239 e. The minimum atomic E-state index is -0.0105. The molecule has 4 nitrogen and oxygen atoms in total. The Hall–Kier alpha value is -0.610. The van der Waals surface area contributed by atoms with Crippen LogP contribution in [0.3, 0.4) is 0 Å². The number of amides is 1. The van der Waals surface area contributed by atoms with Gasteiger partial charge in [-0.05, 0) is 26.8 Å². The van der Waals surface area contributed by atoms with Gasteiger partial charge in [-0.3, -0.25) is 9.69 Å². The van der Waals surface area contributed by atoms with Crippen molar-refractivity contribution in [3.63, 3.8) is 0 Å². The number of carbonyl (C=O) groups excluding carboxylic acids is 1. The molecule has 1 rings (SSSR count). The Labute approximate surface area is 86.0 Å². The highest BCUT2D eigenvalue weighted by molar-refractivity contribution is 5.81. The Morgan fingerprint density at radius 2 is 2.29 bits per heavy atom. The zero-order chi connectivity index (χ0) is 10.7. The van der Waals surface area contributed by atoms with Crippen LogP contribution in [0.2, 0.25) is 0 Å². The summed E-state index contributed by atoms with van der Waals surface area (Å²) in [7, 11) is 3.84. The second-order valence-corrected chi connectivity index (χ2v) is 4.13. The van der Waals surface area contributed by atoms with Crippen molar-refractivity contribution >= 4 is 5.91 Å². The van der Waals surface area contributed by atoms with Gasteiger partial charge in [0.25, 0.3) is 0 Å². The van der Waals surface area contributed by atoms with Crippen molar-refractivity contribution in [1.82, 2.24) is 9.80 Å². The molecule has 2 unspecified atom stereocenters. The zero-order valence-corrected chi connectivity index (χ0v) is 9.36. The lowest BCUT2D eigenvalue weighted by Gasteiger charge is -2.36. The Bertz CT molecular complexity index is 208. The fraction of sp³-hybridized carbons (Fsp3) is 0.900. The number of likely N-dealkylation sites (N-methyl/N-ethyl adjacent to an activating group) is 2. The summed E-state index contributed by atoms with van der Waals surface area (Å²) in [5, 5.41) is 0. The summed E-state index contributed by atoms with van der Waals surface area (Å²) < 4.78 is 0. The molecule has 0 radical (unpaired) electrons. The van der Waals surface area contributed by atoms with Gasteiger partial charge in [0.2, 0.25) is 5.91 Å². The highest BCUT2D eigenvalue weighted by Gasteiger charge is 2.30. The average Bonchev–Trinajstić information content (AvgIpc) is 2.19. The van der Waals surface area contributed by atoms with Crippen molar-refractivity contribution in [2.24, 2.45) is 5.73 Å². The molecule has 0 bridgehead atoms.